The van der Waals surface area contributed by atoms with Crippen molar-refractivity contribution in [1.82, 2.24) is 5.32 Å². The molecule has 2 atom stereocenters. The van der Waals surface area contributed by atoms with Gasteiger partial charge in [-0.15, -0.1) is 0 Å². The maximum absolute atomic E-state index is 10.9. The predicted molar refractivity (Wildman–Crippen MR) is 55.9 cm³/mol. The molecule has 1 aliphatic rings. The van der Waals surface area contributed by atoms with E-state index < -0.39 is 15.4 Å². The van der Waals surface area contributed by atoms with E-state index in [9.17, 15) is 8.42 Å². The van der Waals surface area contributed by atoms with E-state index in [1.54, 1.807) is 6.92 Å². The van der Waals surface area contributed by atoms with Gasteiger partial charge in [0.15, 0.2) is 0 Å². The van der Waals surface area contributed by atoms with Gasteiger partial charge in [-0.05, 0) is 26.7 Å². The minimum absolute atomic E-state index is 0.187. The zero-order valence-corrected chi connectivity index (χ0v) is 9.55. The van der Waals surface area contributed by atoms with Gasteiger partial charge in [-0.25, -0.2) is 0 Å². The first-order valence-corrected chi connectivity index (χ1v) is 6.64. The molecule has 14 heavy (non-hydrogen) atoms. The number of nitrogens with one attached hydrogen (secondary N) is 1. The molecule has 0 saturated heterocycles. The lowest BCUT2D eigenvalue weighted by Gasteiger charge is -2.22. The third-order valence-corrected chi connectivity index (χ3v) is 4.38. The van der Waals surface area contributed by atoms with Crippen LogP contribution in [-0.2, 0) is 10.1 Å². The summed E-state index contributed by atoms with van der Waals surface area (Å²) in [6.45, 7) is 3.33. The van der Waals surface area contributed by atoms with E-state index in [1.165, 1.54) is 19.8 Å². The minimum Gasteiger partial charge on any atom is -0.310 e. The summed E-state index contributed by atoms with van der Waals surface area (Å²) >= 11 is 0. The second-order valence-corrected chi connectivity index (χ2v) is 5.93. The van der Waals surface area contributed by atoms with Crippen molar-refractivity contribution < 1.29 is 13.0 Å². The standard InChI is InChI=1S/C9H19NO3S/c1-7(8(2)14(11,12)13)10-9-5-3-4-6-9/h7-10H,3-6H2,1-2H3,(H,11,12,13). The SMILES string of the molecule is CC(NC1CCCC1)C(C)S(=O)(=O)O. The molecule has 4 nitrogen and oxygen atoms in total. The molecule has 1 aliphatic carbocycles. The molecule has 5 heteroatoms. The highest BCUT2D eigenvalue weighted by atomic mass is 32.2. The topological polar surface area (TPSA) is 66.4 Å². The summed E-state index contributed by atoms with van der Waals surface area (Å²) in [6.07, 6.45) is 4.65. The first-order valence-electron chi connectivity index (χ1n) is 5.13. The summed E-state index contributed by atoms with van der Waals surface area (Å²) in [6, 6.07) is 0.238. The molecular formula is C9H19NO3S. The van der Waals surface area contributed by atoms with Crippen molar-refractivity contribution in [2.75, 3.05) is 0 Å². The van der Waals surface area contributed by atoms with Crippen LogP contribution in [0.5, 0.6) is 0 Å². The second kappa shape index (κ2) is 4.59. The summed E-state index contributed by atoms with van der Waals surface area (Å²) in [4.78, 5) is 0. The van der Waals surface area contributed by atoms with Gasteiger partial charge >= 0.3 is 0 Å². The summed E-state index contributed by atoms with van der Waals surface area (Å²) in [7, 11) is -3.91. The lowest BCUT2D eigenvalue weighted by atomic mass is 10.2. The second-order valence-electron chi connectivity index (χ2n) is 4.16. The maximum atomic E-state index is 10.9. The molecule has 2 N–H and O–H groups in total. The predicted octanol–water partition coefficient (Wildman–Crippen LogP) is 1.18. The minimum atomic E-state index is -3.91. The molecule has 1 saturated carbocycles. The van der Waals surface area contributed by atoms with E-state index in [-0.39, 0.29) is 6.04 Å². The van der Waals surface area contributed by atoms with E-state index in [2.05, 4.69) is 5.32 Å². The monoisotopic (exact) mass is 221 g/mol. The van der Waals surface area contributed by atoms with Gasteiger partial charge in [0.05, 0.1) is 5.25 Å². The smallest absolute Gasteiger partial charge is 0.269 e. The Balaban J connectivity index is 2.44. The molecule has 1 fully saturated rings. The zero-order chi connectivity index (χ0) is 10.8. The van der Waals surface area contributed by atoms with Crippen LogP contribution in [0, 0.1) is 0 Å². The molecule has 0 aromatic rings. The van der Waals surface area contributed by atoms with Crippen LogP contribution in [0.4, 0.5) is 0 Å². The Morgan fingerprint density at radius 1 is 1.29 bits per heavy atom. The van der Waals surface area contributed by atoms with Crippen LogP contribution in [-0.4, -0.2) is 30.3 Å². The average Bonchev–Trinajstić information content (AvgIpc) is 2.53. The molecule has 0 radical (unpaired) electrons. The molecule has 0 aliphatic heterocycles. The van der Waals surface area contributed by atoms with Gasteiger partial charge in [0.2, 0.25) is 0 Å². The quantitative estimate of drug-likeness (QED) is 0.700. The highest BCUT2D eigenvalue weighted by Gasteiger charge is 2.26. The van der Waals surface area contributed by atoms with Gasteiger partial charge in [-0.2, -0.15) is 8.42 Å². The molecule has 0 aromatic heterocycles. The maximum Gasteiger partial charge on any atom is 0.269 e. The van der Waals surface area contributed by atoms with Gasteiger partial charge in [0, 0.05) is 12.1 Å². The van der Waals surface area contributed by atoms with Crippen LogP contribution in [0.15, 0.2) is 0 Å². The first kappa shape index (κ1) is 11.9. The van der Waals surface area contributed by atoms with Gasteiger partial charge in [-0.1, -0.05) is 12.8 Å². The van der Waals surface area contributed by atoms with Gasteiger partial charge in [-0.3, -0.25) is 4.55 Å². The number of hydrogen-bond donors (Lipinski definition) is 2. The Bertz CT molecular complexity index is 270. The van der Waals surface area contributed by atoms with Crippen LogP contribution in [0.1, 0.15) is 39.5 Å². The van der Waals surface area contributed by atoms with Crippen LogP contribution in [0.25, 0.3) is 0 Å². The molecule has 0 heterocycles. The fourth-order valence-electron chi connectivity index (χ4n) is 1.86. The zero-order valence-electron chi connectivity index (χ0n) is 8.73. The summed E-state index contributed by atoms with van der Waals surface area (Å²) in [5.74, 6) is 0. The molecule has 0 amide bonds. The van der Waals surface area contributed by atoms with Crippen molar-refractivity contribution in [2.45, 2.75) is 56.9 Å². The van der Waals surface area contributed by atoms with Gasteiger partial charge in [0.1, 0.15) is 0 Å². The van der Waals surface area contributed by atoms with Crippen LogP contribution < -0.4 is 5.32 Å². The van der Waals surface area contributed by atoms with Crippen LogP contribution in [0.2, 0.25) is 0 Å². The summed E-state index contributed by atoms with van der Waals surface area (Å²) in [5, 5.41) is 2.51. The van der Waals surface area contributed by atoms with E-state index >= 15 is 0 Å². The molecular weight excluding hydrogens is 202 g/mol. The van der Waals surface area contributed by atoms with Crippen molar-refractivity contribution >= 4 is 10.1 Å². The van der Waals surface area contributed by atoms with Crippen molar-refractivity contribution in [3.05, 3.63) is 0 Å². The van der Waals surface area contributed by atoms with Crippen molar-refractivity contribution in [1.29, 1.82) is 0 Å². The Hall–Kier alpha value is -0.130. The summed E-state index contributed by atoms with van der Waals surface area (Å²) < 4.78 is 30.6. The van der Waals surface area contributed by atoms with Crippen LogP contribution >= 0.6 is 0 Å². The van der Waals surface area contributed by atoms with E-state index in [4.69, 9.17) is 4.55 Å². The van der Waals surface area contributed by atoms with E-state index in [1.807, 2.05) is 0 Å². The first-order chi connectivity index (χ1) is 6.41. The molecule has 0 aromatic carbocycles. The fourth-order valence-corrected chi connectivity index (χ4v) is 2.45. The van der Waals surface area contributed by atoms with Gasteiger partial charge < -0.3 is 5.32 Å². The third-order valence-electron chi connectivity index (χ3n) is 3.03. The molecule has 84 valence electrons. The van der Waals surface area contributed by atoms with Crippen molar-refractivity contribution in [2.24, 2.45) is 0 Å². The average molecular weight is 221 g/mol. The lowest BCUT2D eigenvalue weighted by Crippen LogP contribution is -2.44. The fraction of sp³-hybridized carbons (Fsp3) is 1.00. The third kappa shape index (κ3) is 3.22. The Morgan fingerprint density at radius 2 is 1.79 bits per heavy atom. The molecule has 1 rings (SSSR count). The van der Waals surface area contributed by atoms with E-state index in [0.29, 0.717) is 6.04 Å². The summed E-state index contributed by atoms with van der Waals surface area (Å²) in [5.41, 5.74) is 0. The number of hydrogen-bond acceptors (Lipinski definition) is 3. The Morgan fingerprint density at radius 3 is 2.21 bits per heavy atom. The number of rotatable bonds is 4. The molecule has 0 bridgehead atoms. The van der Waals surface area contributed by atoms with Crippen LogP contribution in [0.3, 0.4) is 0 Å². The van der Waals surface area contributed by atoms with Crippen molar-refractivity contribution in [3.8, 4) is 0 Å². The van der Waals surface area contributed by atoms with E-state index in [0.717, 1.165) is 12.8 Å². The highest BCUT2D eigenvalue weighted by molar-refractivity contribution is 7.86. The van der Waals surface area contributed by atoms with Crippen molar-refractivity contribution in [3.63, 3.8) is 0 Å². The molecule has 0 spiro atoms. The Kier molecular flexibility index (Phi) is 3.92. The largest absolute Gasteiger partial charge is 0.310 e. The normalized spacial score (nSPS) is 23.6. The Labute approximate surface area is 85.8 Å². The lowest BCUT2D eigenvalue weighted by molar-refractivity contribution is 0.410. The van der Waals surface area contributed by atoms with Gasteiger partial charge in [0.25, 0.3) is 10.1 Å². The highest BCUT2D eigenvalue weighted by Crippen LogP contribution is 2.19. The molecule has 2 unspecified atom stereocenters.